The van der Waals surface area contributed by atoms with Crippen molar-refractivity contribution in [2.24, 2.45) is 11.8 Å². The monoisotopic (exact) mass is 308 g/mol. The molecule has 0 radical (unpaired) electrons. The highest BCUT2D eigenvalue weighted by Crippen LogP contribution is 2.39. The molecule has 0 spiro atoms. The third-order valence-corrected chi connectivity index (χ3v) is 4.75. The molecule has 3 nitrogen and oxygen atoms in total. The predicted molar refractivity (Wildman–Crippen MR) is 80.1 cm³/mol. The highest BCUT2D eigenvalue weighted by molar-refractivity contribution is 5.79. The number of benzene rings is 1. The van der Waals surface area contributed by atoms with Crippen LogP contribution in [0, 0.1) is 23.5 Å². The van der Waals surface area contributed by atoms with Crippen molar-refractivity contribution in [1.82, 2.24) is 10.2 Å². The van der Waals surface area contributed by atoms with Crippen LogP contribution in [-0.4, -0.2) is 30.4 Å². The van der Waals surface area contributed by atoms with Crippen LogP contribution in [0.1, 0.15) is 31.2 Å². The Morgan fingerprint density at radius 1 is 1.32 bits per heavy atom. The van der Waals surface area contributed by atoms with Gasteiger partial charge in [-0.25, -0.2) is 8.78 Å². The summed E-state index contributed by atoms with van der Waals surface area (Å²) in [6.45, 7) is 1.15. The summed E-state index contributed by atoms with van der Waals surface area (Å²) in [6, 6.07) is 3.77. The number of hydrogen-bond donors (Lipinski definition) is 1. The number of carbonyl (C=O) groups excluding carboxylic acids is 1. The molecule has 1 aromatic rings. The minimum atomic E-state index is -0.597. The second kappa shape index (κ2) is 6.32. The van der Waals surface area contributed by atoms with Gasteiger partial charge in [-0.15, -0.1) is 0 Å². The van der Waals surface area contributed by atoms with Crippen molar-refractivity contribution in [2.45, 2.75) is 38.3 Å². The van der Waals surface area contributed by atoms with Gasteiger partial charge >= 0.3 is 0 Å². The lowest BCUT2D eigenvalue weighted by atomic mass is 9.86. The van der Waals surface area contributed by atoms with Crippen LogP contribution >= 0.6 is 0 Å². The van der Waals surface area contributed by atoms with Gasteiger partial charge in [0, 0.05) is 31.3 Å². The van der Waals surface area contributed by atoms with Gasteiger partial charge in [0.15, 0.2) is 0 Å². The van der Waals surface area contributed by atoms with E-state index in [1.165, 1.54) is 25.0 Å². The molecule has 1 aromatic carbocycles. The first-order chi connectivity index (χ1) is 10.6. The summed E-state index contributed by atoms with van der Waals surface area (Å²) >= 11 is 0. The van der Waals surface area contributed by atoms with Crippen molar-refractivity contribution in [2.75, 3.05) is 13.6 Å². The second-order valence-corrected chi connectivity index (χ2v) is 6.50. The molecule has 1 aliphatic carbocycles. The van der Waals surface area contributed by atoms with Crippen molar-refractivity contribution in [3.63, 3.8) is 0 Å². The molecule has 2 aliphatic rings. The van der Waals surface area contributed by atoms with Gasteiger partial charge in [-0.3, -0.25) is 4.79 Å². The largest absolute Gasteiger partial charge is 0.341 e. The maximum Gasteiger partial charge on any atom is 0.227 e. The van der Waals surface area contributed by atoms with Crippen molar-refractivity contribution < 1.29 is 13.6 Å². The van der Waals surface area contributed by atoms with Crippen molar-refractivity contribution >= 4 is 5.91 Å². The molecule has 120 valence electrons. The Labute approximate surface area is 129 Å². The molecule has 1 N–H and O–H groups in total. The highest BCUT2D eigenvalue weighted by Gasteiger charge is 2.41. The van der Waals surface area contributed by atoms with E-state index in [0.717, 1.165) is 25.5 Å². The quantitative estimate of drug-likeness (QED) is 0.927. The molecule has 1 aliphatic heterocycles. The van der Waals surface area contributed by atoms with Gasteiger partial charge in [0.25, 0.3) is 0 Å². The molecule has 2 fully saturated rings. The van der Waals surface area contributed by atoms with Crippen LogP contribution in [0.3, 0.4) is 0 Å². The lowest BCUT2D eigenvalue weighted by Gasteiger charge is -2.34. The fourth-order valence-corrected chi connectivity index (χ4v) is 3.41. The van der Waals surface area contributed by atoms with Crippen LogP contribution in [0.2, 0.25) is 0 Å². The molecule has 1 heterocycles. The highest BCUT2D eigenvalue weighted by atomic mass is 19.1. The number of piperidine rings is 1. The summed E-state index contributed by atoms with van der Waals surface area (Å²) in [5.74, 6) is -0.534. The van der Waals surface area contributed by atoms with Crippen LogP contribution in [-0.2, 0) is 11.3 Å². The Hall–Kier alpha value is -1.49. The number of hydrogen-bond acceptors (Lipinski definition) is 2. The van der Waals surface area contributed by atoms with Crippen LogP contribution < -0.4 is 5.32 Å². The number of halogens is 2. The summed E-state index contributed by atoms with van der Waals surface area (Å²) in [7, 11) is 1.70. The number of carbonyl (C=O) groups is 1. The van der Waals surface area contributed by atoms with E-state index in [4.69, 9.17) is 0 Å². The Morgan fingerprint density at radius 2 is 2.09 bits per heavy atom. The molecule has 0 aromatic heterocycles. The fraction of sp³-hybridized carbons (Fsp3) is 0.588. The molecule has 0 bridgehead atoms. The molecule has 2 atom stereocenters. The number of rotatable bonds is 4. The van der Waals surface area contributed by atoms with E-state index in [9.17, 15) is 13.6 Å². The zero-order chi connectivity index (χ0) is 15.7. The first-order valence-corrected chi connectivity index (χ1v) is 7.98. The summed E-state index contributed by atoms with van der Waals surface area (Å²) < 4.78 is 26.7. The van der Waals surface area contributed by atoms with Crippen molar-refractivity contribution in [1.29, 1.82) is 0 Å². The van der Waals surface area contributed by atoms with Gasteiger partial charge in [-0.05, 0) is 44.2 Å². The molecule has 5 heteroatoms. The number of amides is 1. The first-order valence-electron chi connectivity index (χ1n) is 7.98. The molecule has 0 unspecified atom stereocenters. The van der Waals surface area contributed by atoms with Gasteiger partial charge in [-0.2, -0.15) is 0 Å². The summed E-state index contributed by atoms with van der Waals surface area (Å²) in [5.41, 5.74) is 0.351. The maximum atomic E-state index is 13.7. The van der Waals surface area contributed by atoms with Gasteiger partial charge in [0.2, 0.25) is 5.91 Å². The maximum absolute atomic E-state index is 13.7. The normalized spacial score (nSPS) is 25.0. The molecule has 1 saturated heterocycles. The Bertz CT molecular complexity index is 560. The Kier molecular flexibility index (Phi) is 4.43. The van der Waals surface area contributed by atoms with E-state index < -0.39 is 11.6 Å². The smallest absolute Gasteiger partial charge is 0.227 e. The van der Waals surface area contributed by atoms with E-state index in [1.54, 1.807) is 11.9 Å². The second-order valence-electron chi connectivity index (χ2n) is 6.50. The lowest BCUT2D eigenvalue weighted by Crippen LogP contribution is -2.49. The molecular weight excluding hydrogens is 286 g/mol. The number of nitrogens with zero attached hydrogens (tertiary/aromatic N) is 1. The van der Waals surface area contributed by atoms with E-state index in [1.807, 2.05) is 0 Å². The fourth-order valence-electron chi connectivity index (χ4n) is 3.41. The van der Waals surface area contributed by atoms with E-state index in [-0.39, 0.29) is 24.4 Å². The third-order valence-electron chi connectivity index (χ3n) is 4.75. The van der Waals surface area contributed by atoms with Crippen LogP contribution in [0.5, 0.6) is 0 Å². The molecule has 3 rings (SSSR count). The lowest BCUT2D eigenvalue weighted by molar-refractivity contribution is -0.136. The Morgan fingerprint density at radius 3 is 2.77 bits per heavy atom. The van der Waals surface area contributed by atoms with E-state index in [2.05, 4.69) is 5.32 Å². The minimum Gasteiger partial charge on any atom is -0.341 e. The minimum absolute atomic E-state index is 0.0187. The summed E-state index contributed by atoms with van der Waals surface area (Å²) in [5, 5.41) is 3.48. The van der Waals surface area contributed by atoms with E-state index in [0.29, 0.717) is 11.5 Å². The zero-order valence-corrected chi connectivity index (χ0v) is 12.8. The standard InChI is InChI=1S/C17H22F2N2O/c1-21(10-12-6-7-13(18)9-15(12)19)17(22)14-3-2-8-20-16(14)11-4-5-11/h6-7,9,11,14,16,20H,2-5,8,10H2,1H3/t14-,16-/m1/s1. The summed E-state index contributed by atoms with van der Waals surface area (Å²) in [6.07, 6.45) is 4.27. The average Bonchev–Trinajstić information content (AvgIpc) is 3.34. The predicted octanol–water partition coefficient (Wildman–Crippen LogP) is 2.70. The van der Waals surface area contributed by atoms with Gasteiger partial charge in [0.05, 0.1) is 5.92 Å². The topological polar surface area (TPSA) is 32.3 Å². The molecule has 1 saturated carbocycles. The molecular formula is C17H22F2N2O. The van der Waals surface area contributed by atoms with Crippen LogP contribution in [0.25, 0.3) is 0 Å². The first kappa shape index (κ1) is 15.4. The zero-order valence-electron chi connectivity index (χ0n) is 12.8. The van der Waals surface area contributed by atoms with Gasteiger partial charge in [0.1, 0.15) is 11.6 Å². The van der Waals surface area contributed by atoms with Crippen LogP contribution in [0.15, 0.2) is 18.2 Å². The SMILES string of the molecule is CN(Cc1ccc(F)cc1F)C(=O)[C@@H]1CCCN[C@@H]1C1CC1. The average molecular weight is 308 g/mol. The number of nitrogens with one attached hydrogen (secondary N) is 1. The van der Waals surface area contributed by atoms with Crippen molar-refractivity contribution in [3.05, 3.63) is 35.4 Å². The van der Waals surface area contributed by atoms with Crippen molar-refractivity contribution in [3.8, 4) is 0 Å². The summed E-state index contributed by atoms with van der Waals surface area (Å²) in [4.78, 5) is 14.3. The van der Waals surface area contributed by atoms with E-state index >= 15 is 0 Å². The molecule has 1 amide bonds. The van der Waals surface area contributed by atoms with Gasteiger partial charge in [-0.1, -0.05) is 6.07 Å². The van der Waals surface area contributed by atoms with Gasteiger partial charge < -0.3 is 10.2 Å². The van der Waals surface area contributed by atoms with Crippen LogP contribution in [0.4, 0.5) is 8.78 Å². The Balaban J connectivity index is 1.67. The third kappa shape index (κ3) is 3.29. The molecule has 22 heavy (non-hydrogen) atoms.